The third-order valence-electron chi connectivity index (χ3n) is 2.96. The molecule has 0 aliphatic carbocycles. The number of nitro benzene ring substituents is 1. The molecule has 1 aliphatic rings. The second-order valence-electron chi connectivity index (χ2n) is 4.38. The topological polar surface area (TPSA) is 89.3 Å². The normalized spacial score (nSPS) is 17.1. The fraction of sp³-hybridized carbons (Fsp3) is 0.455. The van der Waals surface area contributed by atoms with Gasteiger partial charge >= 0.3 is 0 Å². The van der Waals surface area contributed by atoms with Crippen molar-refractivity contribution in [2.75, 3.05) is 11.5 Å². The van der Waals surface area contributed by atoms with E-state index < -0.39 is 14.9 Å². The highest BCUT2D eigenvalue weighted by Gasteiger charge is 2.25. The minimum Gasteiger partial charge on any atom is -0.258 e. The molecule has 0 aromatic heterocycles. The molecule has 0 saturated carbocycles. The summed E-state index contributed by atoms with van der Waals surface area (Å²) < 4.78 is 27.1. The minimum atomic E-state index is -3.84. The Labute approximate surface area is 126 Å². The molecule has 1 fully saturated rings. The Morgan fingerprint density at radius 2 is 2.00 bits per heavy atom. The number of non-ortho nitro benzene ring substituents is 1. The lowest BCUT2D eigenvalue weighted by Crippen LogP contribution is -2.37. The number of rotatable bonds is 4. The molecule has 1 aromatic carbocycles. The lowest BCUT2D eigenvalue weighted by atomic mass is 10.2. The van der Waals surface area contributed by atoms with Gasteiger partial charge in [0.05, 0.1) is 9.95 Å². The predicted molar refractivity (Wildman–Crippen MR) is 78.8 cm³/mol. The number of halogens is 1. The highest BCUT2D eigenvalue weighted by Crippen LogP contribution is 2.27. The number of benzene rings is 1. The largest absolute Gasteiger partial charge is 0.270 e. The number of nitro groups is 1. The van der Waals surface area contributed by atoms with E-state index in [0.717, 1.165) is 30.4 Å². The Hall–Kier alpha value is -0.830. The molecule has 0 atom stereocenters. The number of hydrogen-bond donors (Lipinski definition) is 1. The summed E-state index contributed by atoms with van der Waals surface area (Å²) in [6, 6.07) is 3.25. The van der Waals surface area contributed by atoms with Crippen molar-refractivity contribution in [1.29, 1.82) is 0 Å². The molecular formula is C11H13ClN2O4S2. The van der Waals surface area contributed by atoms with Crippen LogP contribution in [0.3, 0.4) is 0 Å². The zero-order valence-electron chi connectivity index (χ0n) is 10.4. The van der Waals surface area contributed by atoms with Crippen LogP contribution >= 0.6 is 23.4 Å². The fourth-order valence-corrected chi connectivity index (χ4v) is 4.84. The number of nitrogens with zero attached hydrogens (tertiary/aromatic N) is 1. The summed E-state index contributed by atoms with van der Waals surface area (Å²) in [4.78, 5) is 9.84. The molecule has 110 valence electrons. The third kappa shape index (κ3) is 3.63. The molecule has 0 radical (unpaired) electrons. The van der Waals surface area contributed by atoms with Crippen LogP contribution in [0.1, 0.15) is 12.8 Å². The van der Waals surface area contributed by atoms with Gasteiger partial charge in [0.15, 0.2) is 0 Å². The molecule has 20 heavy (non-hydrogen) atoms. The summed E-state index contributed by atoms with van der Waals surface area (Å²) in [7, 11) is -3.84. The van der Waals surface area contributed by atoms with E-state index >= 15 is 0 Å². The van der Waals surface area contributed by atoms with E-state index in [4.69, 9.17) is 11.6 Å². The molecule has 0 spiro atoms. The molecule has 2 rings (SSSR count). The molecule has 1 aliphatic heterocycles. The minimum absolute atomic E-state index is 0.0201. The van der Waals surface area contributed by atoms with Gasteiger partial charge in [0.2, 0.25) is 10.0 Å². The van der Waals surface area contributed by atoms with Crippen molar-refractivity contribution in [2.24, 2.45) is 0 Å². The van der Waals surface area contributed by atoms with Crippen molar-refractivity contribution < 1.29 is 13.3 Å². The van der Waals surface area contributed by atoms with Crippen molar-refractivity contribution in [2.45, 2.75) is 23.8 Å². The van der Waals surface area contributed by atoms with Gasteiger partial charge in [0.1, 0.15) is 4.90 Å². The summed E-state index contributed by atoms with van der Waals surface area (Å²) in [6.07, 6.45) is 1.49. The fourth-order valence-electron chi connectivity index (χ4n) is 1.91. The molecule has 1 N–H and O–H groups in total. The molecule has 6 nitrogen and oxygen atoms in total. The summed E-state index contributed by atoms with van der Waals surface area (Å²) in [5, 5.41) is 10.7. The number of sulfonamides is 1. The van der Waals surface area contributed by atoms with Gasteiger partial charge in [0, 0.05) is 18.2 Å². The standard InChI is InChI=1S/C11H13ClN2O4S2/c12-10-2-1-9(14(15)16)7-11(10)20(17,18)13-8-3-5-19-6-4-8/h1-2,7-8,13H,3-6H2. The molecule has 0 unspecified atom stereocenters. The van der Waals surface area contributed by atoms with Gasteiger partial charge in [-0.05, 0) is 30.4 Å². The maximum atomic E-state index is 12.3. The Morgan fingerprint density at radius 3 is 2.60 bits per heavy atom. The summed E-state index contributed by atoms with van der Waals surface area (Å²) >= 11 is 7.64. The van der Waals surface area contributed by atoms with Crippen LogP contribution in [0.2, 0.25) is 5.02 Å². The zero-order valence-corrected chi connectivity index (χ0v) is 12.8. The monoisotopic (exact) mass is 336 g/mol. The Balaban J connectivity index is 2.28. The Bertz CT molecular complexity index is 615. The molecule has 0 amide bonds. The van der Waals surface area contributed by atoms with E-state index in [1.165, 1.54) is 12.1 Å². The summed E-state index contributed by atoms with van der Waals surface area (Å²) in [5.41, 5.74) is -0.297. The Morgan fingerprint density at radius 1 is 1.35 bits per heavy atom. The van der Waals surface area contributed by atoms with E-state index in [9.17, 15) is 18.5 Å². The lowest BCUT2D eigenvalue weighted by Gasteiger charge is -2.22. The highest BCUT2D eigenvalue weighted by atomic mass is 35.5. The van der Waals surface area contributed by atoms with E-state index in [1.54, 1.807) is 11.8 Å². The van der Waals surface area contributed by atoms with Crippen LogP contribution in [0.5, 0.6) is 0 Å². The van der Waals surface area contributed by atoms with E-state index in [1.807, 2.05) is 0 Å². The van der Waals surface area contributed by atoms with Crippen molar-refractivity contribution >= 4 is 39.1 Å². The summed E-state index contributed by atoms with van der Waals surface area (Å²) in [6.45, 7) is 0. The van der Waals surface area contributed by atoms with Gasteiger partial charge < -0.3 is 0 Å². The van der Waals surface area contributed by atoms with Crippen LogP contribution in [0.15, 0.2) is 23.1 Å². The average Bonchev–Trinajstić information content (AvgIpc) is 2.39. The van der Waals surface area contributed by atoms with Gasteiger partial charge in [-0.3, -0.25) is 10.1 Å². The van der Waals surface area contributed by atoms with E-state index in [2.05, 4.69) is 4.72 Å². The van der Waals surface area contributed by atoms with Gasteiger partial charge in [-0.15, -0.1) is 0 Å². The van der Waals surface area contributed by atoms with Crippen molar-refractivity contribution in [3.05, 3.63) is 33.3 Å². The first-order valence-corrected chi connectivity index (χ1v) is 8.96. The lowest BCUT2D eigenvalue weighted by molar-refractivity contribution is -0.385. The molecule has 1 heterocycles. The van der Waals surface area contributed by atoms with E-state index in [-0.39, 0.29) is 21.6 Å². The molecular weight excluding hydrogens is 324 g/mol. The number of hydrogen-bond acceptors (Lipinski definition) is 5. The van der Waals surface area contributed by atoms with Crippen molar-refractivity contribution in [1.82, 2.24) is 4.72 Å². The predicted octanol–water partition coefficient (Wildman–Crippen LogP) is 2.42. The summed E-state index contributed by atoms with van der Waals surface area (Å²) in [5.74, 6) is 1.80. The second-order valence-corrected chi connectivity index (χ2v) is 7.69. The molecule has 9 heteroatoms. The molecule has 0 bridgehead atoms. The van der Waals surface area contributed by atoms with Crippen LogP contribution in [-0.4, -0.2) is 30.9 Å². The van der Waals surface area contributed by atoms with Crippen LogP contribution in [0.25, 0.3) is 0 Å². The first kappa shape index (κ1) is 15.6. The second kappa shape index (κ2) is 6.30. The van der Waals surface area contributed by atoms with Gasteiger partial charge in [0.25, 0.3) is 5.69 Å². The first-order chi connectivity index (χ1) is 9.40. The van der Waals surface area contributed by atoms with Crippen LogP contribution in [-0.2, 0) is 10.0 Å². The smallest absolute Gasteiger partial charge is 0.258 e. The number of nitrogens with one attached hydrogen (secondary N) is 1. The molecule has 1 saturated heterocycles. The number of thioether (sulfide) groups is 1. The van der Waals surface area contributed by atoms with E-state index in [0.29, 0.717) is 0 Å². The van der Waals surface area contributed by atoms with Crippen LogP contribution in [0.4, 0.5) is 5.69 Å². The third-order valence-corrected chi connectivity index (χ3v) is 6.01. The SMILES string of the molecule is O=[N+]([O-])c1ccc(Cl)c(S(=O)(=O)NC2CCSCC2)c1. The first-order valence-electron chi connectivity index (χ1n) is 5.94. The van der Waals surface area contributed by atoms with Crippen molar-refractivity contribution in [3.8, 4) is 0 Å². The van der Waals surface area contributed by atoms with Crippen LogP contribution < -0.4 is 4.72 Å². The van der Waals surface area contributed by atoms with Gasteiger partial charge in [-0.2, -0.15) is 11.8 Å². The zero-order chi connectivity index (χ0) is 14.8. The molecule has 1 aromatic rings. The average molecular weight is 337 g/mol. The quantitative estimate of drug-likeness (QED) is 0.673. The van der Waals surface area contributed by atoms with Crippen molar-refractivity contribution in [3.63, 3.8) is 0 Å². The maximum absolute atomic E-state index is 12.3. The van der Waals surface area contributed by atoms with Gasteiger partial charge in [-0.1, -0.05) is 11.6 Å². The highest BCUT2D eigenvalue weighted by molar-refractivity contribution is 7.99. The van der Waals surface area contributed by atoms with Gasteiger partial charge in [-0.25, -0.2) is 13.1 Å². The van der Waals surface area contributed by atoms with Crippen LogP contribution in [0, 0.1) is 10.1 Å². The maximum Gasteiger partial charge on any atom is 0.270 e. The Kier molecular flexibility index (Phi) is 4.90.